The van der Waals surface area contributed by atoms with Crippen molar-refractivity contribution < 1.29 is 20.1 Å². The topological polar surface area (TPSA) is 123 Å². The van der Waals surface area contributed by atoms with Crippen molar-refractivity contribution >= 4 is 22.7 Å². The second kappa shape index (κ2) is 5.38. The smallest absolute Gasteiger partial charge is 0.409 e. The van der Waals surface area contributed by atoms with E-state index in [1.54, 1.807) is 24.3 Å². The Kier molecular flexibility index (Phi) is 3.38. The van der Waals surface area contributed by atoms with Crippen LogP contribution in [0.3, 0.4) is 0 Å². The fourth-order valence-electron chi connectivity index (χ4n) is 2.36. The highest BCUT2D eigenvalue weighted by Crippen LogP contribution is 2.36. The van der Waals surface area contributed by atoms with E-state index < -0.39 is 17.6 Å². The first-order valence-corrected chi connectivity index (χ1v) is 6.64. The second-order valence-electron chi connectivity index (χ2n) is 4.91. The molecule has 0 aliphatic rings. The summed E-state index contributed by atoms with van der Waals surface area (Å²) in [6.07, 6.45) is -1.33. The van der Waals surface area contributed by atoms with Gasteiger partial charge in [0, 0.05) is 28.6 Å². The highest BCUT2D eigenvalue weighted by molar-refractivity contribution is 5.92. The van der Waals surface area contributed by atoms with Crippen molar-refractivity contribution in [3.05, 3.63) is 52.7 Å². The van der Waals surface area contributed by atoms with Crippen LogP contribution < -0.4 is 10.7 Å². The van der Waals surface area contributed by atoms with Crippen LogP contribution in [0.1, 0.15) is 0 Å². The maximum atomic E-state index is 12.2. The van der Waals surface area contributed by atoms with Gasteiger partial charge in [0.2, 0.25) is 0 Å². The third-order valence-corrected chi connectivity index (χ3v) is 3.38. The summed E-state index contributed by atoms with van der Waals surface area (Å²) in [7, 11) is 0. The zero-order valence-corrected chi connectivity index (χ0v) is 11.7. The van der Waals surface area contributed by atoms with Gasteiger partial charge in [-0.1, -0.05) is 12.1 Å². The monoisotopic (exact) mass is 312 g/mol. The van der Waals surface area contributed by atoms with Gasteiger partial charge in [-0.05, 0) is 18.2 Å². The van der Waals surface area contributed by atoms with E-state index in [0.29, 0.717) is 16.6 Å². The summed E-state index contributed by atoms with van der Waals surface area (Å²) in [5.41, 5.74) is 0.920. The Bertz CT molecular complexity index is 978. The molecular weight excluding hydrogens is 300 g/mol. The Morgan fingerprint density at radius 1 is 1.04 bits per heavy atom. The maximum Gasteiger partial charge on any atom is 0.409 e. The molecule has 0 saturated heterocycles. The Morgan fingerprint density at radius 2 is 1.74 bits per heavy atom. The SMILES string of the molecule is O=C(O)Nc1cc(O)c(O)cc1-c1cc(=O)c2ccccc2[nH]1. The number of aromatic nitrogens is 1. The number of phenols is 2. The lowest BCUT2D eigenvalue weighted by Gasteiger charge is -2.12. The highest BCUT2D eigenvalue weighted by atomic mass is 16.4. The number of anilines is 1. The molecule has 0 aliphatic carbocycles. The molecule has 1 aromatic heterocycles. The van der Waals surface area contributed by atoms with E-state index in [4.69, 9.17) is 5.11 Å². The number of benzene rings is 2. The van der Waals surface area contributed by atoms with Crippen LogP contribution in [0.15, 0.2) is 47.3 Å². The zero-order valence-electron chi connectivity index (χ0n) is 11.7. The molecule has 0 aliphatic heterocycles. The number of amides is 1. The molecule has 0 atom stereocenters. The first kappa shape index (κ1) is 14.5. The van der Waals surface area contributed by atoms with Gasteiger partial charge in [-0.3, -0.25) is 10.1 Å². The first-order chi connectivity index (χ1) is 11.0. The summed E-state index contributed by atoms with van der Waals surface area (Å²) in [4.78, 5) is 26.1. The number of hydrogen-bond acceptors (Lipinski definition) is 4. The predicted octanol–water partition coefficient (Wildman–Crippen LogP) is 2.70. The van der Waals surface area contributed by atoms with Gasteiger partial charge < -0.3 is 20.3 Å². The molecule has 3 aromatic rings. The molecule has 23 heavy (non-hydrogen) atoms. The highest BCUT2D eigenvalue weighted by Gasteiger charge is 2.14. The van der Waals surface area contributed by atoms with Gasteiger partial charge in [-0.15, -0.1) is 0 Å². The fourth-order valence-corrected chi connectivity index (χ4v) is 2.36. The van der Waals surface area contributed by atoms with E-state index in [2.05, 4.69) is 10.3 Å². The van der Waals surface area contributed by atoms with E-state index in [9.17, 15) is 19.8 Å². The van der Waals surface area contributed by atoms with Crippen molar-refractivity contribution in [3.8, 4) is 22.8 Å². The van der Waals surface area contributed by atoms with Crippen molar-refractivity contribution in [1.82, 2.24) is 4.98 Å². The average Bonchev–Trinajstić information content (AvgIpc) is 2.50. The Balaban J connectivity index is 2.27. The molecule has 0 bridgehead atoms. The van der Waals surface area contributed by atoms with Crippen molar-refractivity contribution in [2.45, 2.75) is 0 Å². The Hall–Kier alpha value is -3.48. The average molecular weight is 312 g/mol. The van der Waals surface area contributed by atoms with Crippen LogP contribution in [0.25, 0.3) is 22.2 Å². The summed E-state index contributed by atoms with van der Waals surface area (Å²) in [5.74, 6) is -0.898. The molecule has 2 aromatic carbocycles. The lowest BCUT2D eigenvalue weighted by Crippen LogP contribution is -2.09. The van der Waals surface area contributed by atoms with Crippen LogP contribution in [0.4, 0.5) is 10.5 Å². The molecule has 0 spiro atoms. The van der Waals surface area contributed by atoms with Gasteiger partial charge in [0.15, 0.2) is 16.9 Å². The number of fused-ring (bicyclic) bond motifs is 1. The van der Waals surface area contributed by atoms with Crippen LogP contribution in [0, 0.1) is 0 Å². The lowest BCUT2D eigenvalue weighted by molar-refractivity contribution is 0.209. The van der Waals surface area contributed by atoms with Crippen molar-refractivity contribution in [3.63, 3.8) is 0 Å². The van der Waals surface area contributed by atoms with Gasteiger partial charge in [0.1, 0.15) is 0 Å². The molecule has 7 nitrogen and oxygen atoms in total. The minimum absolute atomic E-state index is 0.0405. The lowest BCUT2D eigenvalue weighted by atomic mass is 10.1. The van der Waals surface area contributed by atoms with Crippen LogP contribution in [0.5, 0.6) is 11.5 Å². The van der Waals surface area contributed by atoms with Gasteiger partial charge >= 0.3 is 6.09 Å². The van der Waals surface area contributed by atoms with Crippen LogP contribution >= 0.6 is 0 Å². The number of phenolic OH excluding ortho intramolecular Hbond substituents is 2. The van der Waals surface area contributed by atoms with Crippen LogP contribution in [-0.4, -0.2) is 26.4 Å². The predicted molar refractivity (Wildman–Crippen MR) is 85.0 cm³/mol. The van der Waals surface area contributed by atoms with E-state index in [1.165, 1.54) is 12.1 Å². The second-order valence-corrected chi connectivity index (χ2v) is 4.91. The molecule has 0 fully saturated rings. The van der Waals surface area contributed by atoms with Crippen LogP contribution in [0.2, 0.25) is 0 Å². The number of nitrogens with one attached hydrogen (secondary N) is 2. The minimum Gasteiger partial charge on any atom is -0.504 e. The molecule has 7 heteroatoms. The third-order valence-electron chi connectivity index (χ3n) is 3.38. The maximum absolute atomic E-state index is 12.2. The molecule has 1 amide bonds. The van der Waals surface area contributed by atoms with Gasteiger partial charge in [0.25, 0.3) is 0 Å². The van der Waals surface area contributed by atoms with E-state index in [-0.39, 0.29) is 16.7 Å². The van der Waals surface area contributed by atoms with E-state index in [0.717, 1.165) is 6.07 Å². The number of hydrogen-bond donors (Lipinski definition) is 5. The molecular formula is C16H12N2O5. The van der Waals surface area contributed by atoms with Crippen molar-refractivity contribution in [1.29, 1.82) is 0 Å². The first-order valence-electron chi connectivity index (χ1n) is 6.64. The molecule has 1 heterocycles. The summed E-state index contributed by atoms with van der Waals surface area (Å²) in [6.45, 7) is 0. The number of para-hydroxylation sites is 1. The molecule has 3 rings (SSSR count). The Labute approximate surface area is 129 Å². The number of pyridine rings is 1. The van der Waals surface area contributed by atoms with Gasteiger partial charge in [-0.2, -0.15) is 0 Å². The number of aromatic hydroxyl groups is 2. The number of H-pyrrole nitrogens is 1. The van der Waals surface area contributed by atoms with E-state index in [1.807, 2.05) is 0 Å². The Morgan fingerprint density at radius 3 is 2.48 bits per heavy atom. The number of carboxylic acid groups (broad SMARTS) is 1. The van der Waals surface area contributed by atoms with Gasteiger partial charge in [-0.25, -0.2) is 4.79 Å². The number of carbonyl (C=O) groups is 1. The summed E-state index contributed by atoms with van der Waals surface area (Å²) in [5, 5.41) is 30.8. The quantitative estimate of drug-likeness (QED) is 0.368. The molecule has 0 unspecified atom stereocenters. The summed E-state index contributed by atoms with van der Waals surface area (Å²) in [6, 6.07) is 10.4. The zero-order chi connectivity index (χ0) is 16.6. The van der Waals surface area contributed by atoms with Crippen LogP contribution in [-0.2, 0) is 0 Å². The molecule has 116 valence electrons. The fraction of sp³-hybridized carbons (Fsp3) is 0. The summed E-state index contributed by atoms with van der Waals surface area (Å²) >= 11 is 0. The van der Waals surface area contributed by atoms with Gasteiger partial charge in [0.05, 0.1) is 11.4 Å². The van der Waals surface area contributed by atoms with Crippen molar-refractivity contribution in [2.24, 2.45) is 0 Å². The minimum atomic E-state index is -1.33. The molecule has 0 saturated carbocycles. The number of aromatic amines is 1. The van der Waals surface area contributed by atoms with Crippen molar-refractivity contribution in [2.75, 3.05) is 5.32 Å². The largest absolute Gasteiger partial charge is 0.504 e. The molecule has 0 radical (unpaired) electrons. The van der Waals surface area contributed by atoms with E-state index >= 15 is 0 Å². The third kappa shape index (κ3) is 2.67. The number of rotatable bonds is 2. The standard InChI is InChI=1S/C16H12N2O5/c19-13-6-11(17-10-4-2-1-3-8(10)13)9-5-14(20)15(21)7-12(9)18-16(22)23/h1-7,18,20-21H,(H,17,19)(H,22,23). The normalized spacial score (nSPS) is 10.6. The molecule has 5 N–H and O–H groups in total. The summed E-state index contributed by atoms with van der Waals surface area (Å²) < 4.78 is 0.